The maximum Gasteiger partial charge on any atom is 0.146 e. The van der Waals surface area contributed by atoms with E-state index < -0.39 is 0 Å². The molecule has 0 amide bonds. The van der Waals surface area contributed by atoms with Gasteiger partial charge in [-0.1, -0.05) is 103 Å². The van der Waals surface area contributed by atoms with Crippen LogP contribution in [0.4, 0.5) is 0 Å². The minimum atomic E-state index is 0.959. The lowest BCUT2D eigenvalue weighted by atomic mass is 9.87. The molecule has 0 aliphatic heterocycles. The van der Waals surface area contributed by atoms with Crippen molar-refractivity contribution >= 4 is 64.1 Å². The third kappa shape index (κ3) is 3.41. The van der Waals surface area contributed by atoms with Crippen LogP contribution < -0.4 is 0 Å². The lowest BCUT2D eigenvalue weighted by Gasteiger charge is -2.18. The van der Waals surface area contributed by atoms with Gasteiger partial charge in [-0.05, 0) is 75.1 Å². The Balaban J connectivity index is 1.42. The van der Waals surface area contributed by atoms with E-state index in [1.165, 1.54) is 52.8 Å². The predicted molar refractivity (Wildman–Crippen MR) is 180 cm³/mol. The van der Waals surface area contributed by atoms with E-state index in [1.807, 2.05) is 11.3 Å². The molecule has 0 saturated heterocycles. The summed E-state index contributed by atoms with van der Waals surface area (Å²) in [5, 5.41) is 7.51. The number of para-hydroxylation sites is 3. The molecule has 0 aliphatic carbocycles. The quantitative estimate of drug-likeness (QED) is 0.199. The summed E-state index contributed by atoms with van der Waals surface area (Å²) in [4.78, 5) is 5.29. The number of rotatable bonds is 3. The van der Waals surface area contributed by atoms with Crippen LogP contribution in [0.5, 0.6) is 0 Å². The molecule has 0 saturated carbocycles. The Kier molecular flexibility index (Phi) is 5.10. The van der Waals surface area contributed by atoms with Gasteiger partial charge in [0, 0.05) is 31.4 Å². The van der Waals surface area contributed by atoms with Gasteiger partial charge < -0.3 is 0 Å². The number of benzene rings is 7. The lowest BCUT2D eigenvalue weighted by molar-refractivity contribution is 1.11. The summed E-state index contributed by atoms with van der Waals surface area (Å²) in [6, 6.07) is 52.4. The largest absolute Gasteiger partial charge is 0.292 e. The molecule has 0 atom stereocenters. The molecule has 0 unspecified atom stereocenters. The molecule has 7 aromatic carbocycles. The van der Waals surface area contributed by atoms with Crippen LogP contribution in [0.1, 0.15) is 0 Å². The number of imidazole rings is 1. The maximum atomic E-state index is 5.29. The van der Waals surface area contributed by atoms with Crippen molar-refractivity contribution in [3.8, 4) is 28.2 Å². The normalized spacial score (nSPS) is 11.8. The molecule has 2 aromatic heterocycles. The van der Waals surface area contributed by atoms with Crippen LogP contribution in [0, 0.1) is 0 Å². The summed E-state index contributed by atoms with van der Waals surface area (Å²) in [5.41, 5.74) is 6.86. The minimum absolute atomic E-state index is 0.959. The highest BCUT2D eigenvalue weighted by atomic mass is 32.1. The fourth-order valence-electron chi connectivity index (χ4n) is 6.59. The van der Waals surface area contributed by atoms with E-state index in [-0.39, 0.29) is 0 Å². The SMILES string of the molecule is c1ccc(-n2c(-c3c4ccccc4c(-c4ccc5sc6ccccc6c5c4)c4ccccc34)nc3ccccc32)cc1. The molecular formula is C39H24N2S. The Hall–Kier alpha value is -5.25. The summed E-state index contributed by atoms with van der Waals surface area (Å²) in [5.74, 6) is 0.959. The topological polar surface area (TPSA) is 17.8 Å². The van der Waals surface area contributed by atoms with Crippen LogP contribution in [-0.2, 0) is 0 Å². The van der Waals surface area contributed by atoms with Gasteiger partial charge >= 0.3 is 0 Å². The van der Waals surface area contributed by atoms with Crippen molar-refractivity contribution in [3.05, 3.63) is 146 Å². The third-order valence-corrected chi connectivity index (χ3v) is 9.55. The van der Waals surface area contributed by atoms with E-state index in [9.17, 15) is 0 Å². The van der Waals surface area contributed by atoms with Crippen LogP contribution >= 0.6 is 11.3 Å². The zero-order valence-corrected chi connectivity index (χ0v) is 23.5. The second-order valence-electron chi connectivity index (χ2n) is 10.7. The van der Waals surface area contributed by atoms with Gasteiger partial charge in [-0.25, -0.2) is 4.98 Å². The molecule has 2 nitrogen and oxygen atoms in total. The summed E-state index contributed by atoms with van der Waals surface area (Å²) in [6.45, 7) is 0. The maximum absolute atomic E-state index is 5.29. The molecule has 9 aromatic rings. The predicted octanol–water partition coefficient (Wildman–Crippen LogP) is 11.0. The van der Waals surface area contributed by atoms with Gasteiger partial charge in [0.15, 0.2) is 0 Å². The van der Waals surface area contributed by atoms with Crippen molar-refractivity contribution in [2.24, 2.45) is 0 Å². The number of fused-ring (bicyclic) bond motifs is 6. The Labute approximate surface area is 246 Å². The molecule has 0 aliphatic rings. The highest BCUT2D eigenvalue weighted by Crippen LogP contribution is 2.46. The molecule has 0 spiro atoms. The molecule has 196 valence electrons. The summed E-state index contributed by atoms with van der Waals surface area (Å²) in [7, 11) is 0. The first-order valence-corrected chi connectivity index (χ1v) is 15.1. The van der Waals surface area contributed by atoms with Crippen molar-refractivity contribution in [2.75, 3.05) is 0 Å². The molecule has 9 rings (SSSR count). The van der Waals surface area contributed by atoms with Crippen LogP contribution in [-0.4, -0.2) is 9.55 Å². The number of aromatic nitrogens is 2. The summed E-state index contributed by atoms with van der Waals surface area (Å²) in [6.07, 6.45) is 0. The summed E-state index contributed by atoms with van der Waals surface area (Å²) < 4.78 is 4.96. The van der Waals surface area contributed by atoms with Crippen LogP contribution in [0.25, 0.3) is 81.0 Å². The van der Waals surface area contributed by atoms with Crippen molar-refractivity contribution in [2.45, 2.75) is 0 Å². The Bertz CT molecular complexity index is 2410. The van der Waals surface area contributed by atoms with E-state index in [1.54, 1.807) is 0 Å². The number of hydrogen-bond acceptors (Lipinski definition) is 2. The second-order valence-corrected chi connectivity index (χ2v) is 11.8. The zero-order chi connectivity index (χ0) is 27.6. The Morgan fingerprint density at radius 3 is 1.76 bits per heavy atom. The highest BCUT2D eigenvalue weighted by Gasteiger charge is 2.22. The molecule has 0 bridgehead atoms. The van der Waals surface area contributed by atoms with Crippen LogP contribution in [0.2, 0.25) is 0 Å². The molecule has 3 heteroatoms. The Morgan fingerprint density at radius 2 is 1.02 bits per heavy atom. The van der Waals surface area contributed by atoms with Gasteiger partial charge in [0.2, 0.25) is 0 Å². The molecule has 2 heterocycles. The number of thiophene rings is 1. The van der Waals surface area contributed by atoms with E-state index in [2.05, 4.69) is 150 Å². The average molecular weight is 553 g/mol. The molecule has 42 heavy (non-hydrogen) atoms. The van der Waals surface area contributed by atoms with Gasteiger partial charge in [-0.15, -0.1) is 11.3 Å². The first-order valence-electron chi connectivity index (χ1n) is 14.2. The number of nitrogens with zero attached hydrogens (tertiary/aromatic N) is 2. The first kappa shape index (κ1) is 23.5. The number of hydrogen-bond donors (Lipinski definition) is 0. The van der Waals surface area contributed by atoms with Crippen molar-refractivity contribution in [1.82, 2.24) is 9.55 Å². The van der Waals surface area contributed by atoms with Gasteiger partial charge in [0.25, 0.3) is 0 Å². The third-order valence-electron chi connectivity index (χ3n) is 8.40. The van der Waals surface area contributed by atoms with E-state index >= 15 is 0 Å². The smallest absolute Gasteiger partial charge is 0.146 e. The van der Waals surface area contributed by atoms with Crippen molar-refractivity contribution in [3.63, 3.8) is 0 Å². The lowest BCUT2D eigenvalue weighted by Crippen LogP contribution is -1.99. The molecule has 0 fully saturated rings. The van der Waals surface area contributed by atoms with Gasteiger partial charge in [0.1, 0.15) is 5.82 Å². The highest BCUT2D eigenvalue weighted by molar-refractivity contribution is 7.25. The van der Waals surface area contributed by atoms with Gasteiger partial charge in [-0.2, -0.15) is 0 Å². The van der Waals surface area contributed by atoms with E-state index in [4.69, 9.17) is 4.98 Å². The first-order chi connectivity index (χ1) is 20.8. The van der Waals surface area contributed by atoms with Crippen molar-refractivity contribution < 1.29 is 0 Å². The standard InChI is InChI=1S/C39H24N2S/c1-2-12-26(13-3-1)41-34-20-10-9-19-33(34)40-39(41)38-30-17-6-4-15-28(30)37(29-16-5-7-18-31(29)38)25-22-23-36-32(24-25)27-14-8-11-21-35(27)42-36/h1-24H. The average Bonchev–Trinajstić information content (AvgIpc) is 3.62. The molecular weight excluding hydrogens is 529 g/mol. The summed E-state index contributed by atoms with van der Waals surface area (Å²) >= 11 is 1.86. The van der Waals surface area contributed by atoms with Gasteiger partial charge in [0.05, 0.1) is 11.0 Å². The molecule has 0 N–H and O–H groups in total. The monoisotopic (exact) mass is 552 g/mol. The second kappa shape index (κ2) is 9.13. The van der Waals surface area contributed by atoms with Gasteiger partial charge in [-0.3, -0.25) is 4.57 Å². The van der Waals surface area contributed by atoms with Crippen molar-refractivity contribution in [1.29, 1.82) is 0 Å². The fourth-order valence-corrected chi connectivity index (χ4v) is 7.68. The van der Waals surface area contributed by atoms with E-state index in [0.29, 0.717) is 0 Å². The fraction of sp³-hybridized carbons (Fsp3) is 0. The minimum Gasteiger partial charge on any atom is -0.292 e. The zero-order valence-electron chi connectivity index (χ0n) is 22.7. The molecule has 0 radical (unpaired) electrons. The van der Waals surface area contributed by atoms with E-state index in [0.717, 1.165) is 28.1 Å². The van der Waals surface area contributed by atoms with Crippen LogP contribution in [0.15, 0.2) is 146 Å². The Morgan fingerprint density at radius 1 is 0.452 bits per heavy atom. The van der Waals surface area contributed by atoms with Crippen LogP contribution in [0.3, 0.4) is 0 Å².